The van der Waals surface area contributed by atoms with Crippen molar-refractivity contribution in [2.75, 3.05) is 6.54 Å². The van der Waals surface area contributed by atoms with Crippen LogP contribution in [-0.2, 0) is 7.05 Å². The molecule has 1 aliphatic rings. The quantitative estimate of drug-likeness (QED) is 0.897. The summed E-state index contributed by atoms with van der Waals surface area (Å²) in [4.78, 5) is 12.0. The van der Waals surface area contributed by atoms with Crippen LogP contribution >= 0.6 is 23.2 Å². The molecule has 2 atom stereocenters. The van der Waals surface area contributed by atoms with E-state index in [-0.39, 0.29) is 12.0 Å². The van der Waals surface area contributed by atoms with Gasteiger partial charge in [0.25, 0.3) is 5.91 Å². The van der Waals surface area contributed by atoms with Gasteiger partial charge in [0.1, 0.15) is 10.8 Å². The van der Waals surface area contributed by atoms with Gasteiger partial charge in [0.2, 0.25) is 0 Å². The molecule has 6 heteroatoms. The number of rotatable bonds is 3. The van der Waals surface area contributed by atoms with Crippen LogP contribution in [0.3, 0.4) is 0 Å². The van der Waals surface area contributed by atoms with E-state index in [0.717, 1.165) is 19.3 Å². The Morgan fingerprint density at radius 3 is 2.78 bits per heavy atom. The first-order valence-corrected chi connectivity index (χ1v) is 6.71. The maximum atomic E-state index is 12.0. The number of carbonyl (C=O) groups excluding carboxylic acids is 1. The number of aliphatic hydroxyl groups is 1. The highest BCUT2D eigenvalue weighted by molar-refractivity contribution is 6.41. The molecular formula is C12H16Cl2N2O2. The van der Waals surface area contributed by atoms with Crippen LogP contribution in [0.2, 0.25) is 10.2 Å². The molecule has 0 bridgehead atoms. The average Bonchev–Trinajstić information content (AvgIpc) is 2.86. The minimum atomic E-state index is -0.217. The lowest BCUT2D eigenvalue weighted by molar-refractivity contribution is 0.0937. The maximum Gasteiger partial charge on any atom is 0.268 e. The molecule has 0 aliphatic heterocycles. The summed E-state index contributed by atoms with van der Waals surface area (Å²) in [5.74, 6) is 0.169. The summed E-state index contributed by atoms with van der Waals surface area (Å²) in [5.41, 5.74) is 0.448. The van der Waals surface area contributed by atoms with E-state index in [9.17, 15) is 9.90 Å². The van der Waals surface area contributed by atoms with Crippen molar-refractivity contribution in [1.29, 1.82) is 0 Å². The zero-order valence-electron chi connectivity index (χ0n) is 10.1. The molecule has 0 radical (unpaired) electrons. The Bertz CT molecular complexity index is 459. The summed E-state index contributed by atoms with van der Waals surface area (Å²) in [6.07, 6.45) is 2.32. The number of hydrogen-bond acceptors (Lipinski definition) is 2. The van der Waals surface area contributed by atoms with Crippen molar-refractivity contribution in [2.24, 2.45) is 13.0 Å². The van der Waals surface area contributed by atoms with Gasteiger partial charge in [0.15, 0.2) is 0 Å². The molecule has 1 aromatic heterocycles. The Labute approximate surface area is 116 Å². The first kappa shape index (κ1) is 13.7. The second kappa shape index (κ2) is 5.51. The number of nitrogens with one attached hydrogen (secondary N) is 1. The molecule has 18 heavy (non-hydrogen) atoms. The third-order valence-electron chi connectivity index (χ3n) is 3.41. The van der Waals surface area contributed by atoms with Gasteiger partial charge in [-0.25, -0.2) is 0 Å². The second-order valence-electron chi connectivity index (χ2n) is 4.77. The van der Waals surface area contributed by atoms with Crippen LogP contribution in [0.1, 0.15) is 29.8 Å². The van der Waals surface area contributed by atoms with Gasteiger partial charge < -0.3 is 15.0 Å². The van der Waals surface area contributed by atoms with Crippen LogP contribution in [0.25, 0.3) is 0 Å². The van der Waals surface area contributed by atoms with Crippen LogP contribution in [-0.4, -0.2) is 28.2 Å². The summed E-state index contributed by atoms with van der Waals surface area (Å²) < 4.78 is 1.56. The van der Waals surface area contributed by atoms with Gasteiger partial charge >= 0.3 is 0 Å². The monoisotopic (exact) mass is 290 g/mol. The van der Waals surface area contributed by atoms with Gasteiger partial charge in [0, 0.05) is 13.6 Å². The average molecular weight is 291 g/mol. The topological polar surface area (TPSA) is 54.3 Å². The molecule has 1 saturated carbocycles. The maximum absolute atomic E-state index is 12.0. The minimum Gasteiger partial charge on any atom is -0.393 e. The third kappa shape index (κ3) is 2.82. The molecular weight excluding hydrogens is 275 g/mol. The fraction of sp³-hybridized carbons (Fsp3) is 0.583. The Morgan fingerprint density at radius 2 is 2.28 bits per heavy atom. The highest BCUT2D eigenvalue weighted by Gasteiger charge is 2.24. The fourth-order valence-electron chi connectivity index (χ4n) is 2.32. The Morgan fingerprint density at radius 1 is 1.56 bits per heavy atom. The van der Waals surface area contributed by atoms with E-state index in [2.05, 4.69) is 5.32 Å². The molecule has 1 heterocycles. The van der Waals surface area contributed by atoms with E-state index in [1.165, 1.54) is 0 Å². The van der Waals surface area contributed by atoms with Gasteiger partial charge in [0.05, 0.1) is 11.1 Å². The molecule has 0 spiro atoms. The summed E-state index contributed by atoms with van der Waals surface area (Å²) in [7, 11) is 1.70. The Kier molecular flexibility index (Phi) is 4.20. The van der Waals surface area contributed by atoms with Gasteiger partial charge in [-0.05, 0) is 31.2 Å². The SMILES string of the molecule is Cn1c(C(=O)NCC2CCC(O)C2)cc(Cl)c1Cl. The lowest BCUT2D eigenvalue weighted by Gasteiger charge is -2.11. The van der Waals surface area contributed by atoms with Crippen molar-refractivity contribution < 1.29 is 9.90 Å². The number of amides is 1. The standard InChI is InChI=1S/C12H16Cl2N2O2/c1-16-10(5-9(13)11(16)14)12(18)15-6-7-2-3-8(17)4-7/h5,7-8,17H,2-4,6H2,1H3,(H,15,18). The van der Waals surface area contributed by atoms with Crippen molar-refractivity contribution in [3.8, 4) is 0 Å². The van der Waals surface area contributed by atoms with E-state index >= 15 is 0 Å². The zero-order valence-corrected chi connectivity index (χ0v) is 11.6. The summed E-state index contributed by atoms with van der Waals surface area (Å²) in [6.45, 7) is 0.580. The molecule has 100 valence electrons. The number of hydrogen-bond donors (Lipinski definition) is 2. The van der Waals surface area contributed by atoms with Crippen molar-refractivity contribution in [2.45, 2.75) is 25.4 Å². The lowest BCUT2D eigenvalue weighted by atomic mass is 10.1. The smallest absolute Gasteiger partial charge is 0.268 e. The molecule has 0 aromatic carbocycles. The number of carbonyl (C=O) groups is 1. The Hall–Kier alpha value is -0.710. The van der Waals surface area contributed by atoms with Crippen molar-refractivity contribution >= 4 is 29.1 Å². The molecule has 2 rings (SSSR count). The molecule has 2 unspecified atom stereocenters. The predicted molar refractivity (Wildman–Crippen MR) is 71.1 cm³/mol. The molecule has 4 nitrogen and oxygen atoms in total. The van der Waals surface area contributed by atoms with Crippen LogP contribution in [0, 0.1) is 5.92 Å². The predicted octanol–water partition coefficient (Wildman–Crippen LogP) is 2.22. The minimum absolute atomic E-state index is 0.187. The van der Waals surface area contributed by atoms with E-state index in [4.69, 9.17) is 23.2 Å². The van der Waals surface area contributed by atoms with Crippen molar-refractivity contribution in [1.82, 2.24) is 9.88 Å². The van der Waals surface area contributed by atoms with Crippen LogP contribution in [0.5, 0.6) is 0 Å². The van der Waals surface area contributed by atoms with Crippen LogP contribution in [0.15, 0.2) is 6.07 Å². The van der Waals surface area contributed by atoms with Gasteiger partial charge in [-0.2, -0.15) is 0 Å². The molecule has 1 aromatic rings. The van der Waals surface area contributed by atoms with Gasteiger partial charge in [-0.15, -0.1) is 0 Å². The number of nitrogens with zero attached hydrogens (tertiary/aromatic N) is 1. The van der Waals surface area contributed by atoms with Gasteiger partial charge in [-0.3, -0.25) is 4.79 Å². The number of aromatic nitrogens is 1. The van der Waals surface area contributed by atoms with Crippen LogP contribution < -0.4 is 5.32 Å². The van der Waals surface area contributed by atoms with E-state index in [0.29, 0.717) is 28.3 Å². The van der Waals surface area contributed by atoms with E-state index in [1.54, 1.807) is 17.7 Å². The highest BCUT2D eigenvalue weighted by Crippen LogP contribution is 2.26. The van der Waals surface area contributed by atoms with Crippen molar-refractivity contribution in [3.63, 3.8) is 0 Å². The zero-order chi connectivity index (χ0) is 13.3. The van der Waals surface area contributed by atoms with E-state index in [1.807, 2.05) is 0 Å². The largest absolute Gasteiger partial charge is 0.393 e. The summed E-state index contributed by atoms with van der Waals surface area (Å²) in [6, 6.07) is 1.56. The Balaban J connectivity index is 1.93. The molecule has 1 aliphatic carbocycles. The lowest BCUT2D eigenvalue weighted by Crippen LogP contribution is -2.30. The van der Waals surface area contributed by atoms with E-state index < -0.39 is 0 Å². The molecule has 1 amide bonds. The van der Waals surface area contributed by atoms with Crippen LogP contribution in [0.4, 0.5) is 0 Å². The number of halogens is 2. The summed E-state index contributed by atoms with van der Waals surface area (Å²) in [5, 5.41) is 13.0. The van der Waals surface area contributed by atoms with Gasteiger partial charge in [-0.1, -0.05) is 23.2 Å². The summed E-state index contributed by atoms with van der Waals surface area (Å²) >= 11 is 11.8. The fourth-order valence-corrected chi connectivity index (χ4v) is 2.70. The second-order valence-corrected chi connectivity index (χ2v) is 5.54. The first-order valence-electron chi connectivity index (χ1n) is 5.96. The highest BCUT2D eigenvalue weighted by atomic mass is 35.5. The third-order valence-corrected chi connectivity index (χ3v) is 4.26. The molecule has 1 fully saturated rings. The molecule has 2 N–H and O–H groups in total. The molecule has 0 saturated heterocycles. The van der Waals surface area contributed by atoms with Crippen molar-refractivity contribution in [3.05, 3.63) is 21.9 Å². The first-order chi connectivity index (χ1) is 8.49. The normalized spacial score (nSPS) is 23.3. The number of aliphatic hydroxyl groups excluding tert-OH is 1.